The predicted octanol–water partition coefficient (Wildman–Crippen LogP) is 4.14. The van der Waals surface area contributed by atoms with Crippen LogP contribution in [0.3, 0.4) is 0 Å². The molecule has 0 fully saturated rings. The Labute approximate surface area is 142 Å². The van der Waals surface area contributed by atoms with Gasteiger partial charge in [-0.15, -0.1) is 0 Å². The standard InChI is InChI=1S/C17H15ClN2O2S/c18-15-11-19-17(20-16(15)21)23-9-3-8-22-14-7-6-12-4-1-2-5-13(12)10-14/h1-2,4-7,10-11H,3,8-9H2,(H,19,20,21). The zero-order chi connectivity index (χ0) is 16.1. The molecule has 0 amide bonds. The van der Waals surface area contributed by atoms with Crippen molar-refractivity contribution in [2.75, 3.05) is 12.4 Å². The molecule has 3 aromatic rings. The fourth-order valence-corrected chi connectivity index (χ4v) is 2.96. The number of nitrogens with zero attached hydrogens (tertiary/aromatic N) is 1. The van der Waals surface area contributed by atoms with Gasteiger partial charge in [0.05, 0.1) is 12.8 Å². The van der Waals surface area contributed by atoms with Gasteiger partial charge in [0.15, 0.2) is 5.16 Å². The molecule has 0 aliphatic rings. The van der Waals surface area contributed by atoms with E-state index in [-0.39, 0.29) is 10.6 Å². The maximum atomic E-state index is 11.4. The minimum absolute atomic E-state index is 0.106. The molecule has 0 atom stereocenters. The van der Waals surface area contributed by atoms with Crippen LogP contribution in [0.4, 0.5) is 0 Å². The molecule has 1 aromatic heterocycles. The first-order chi connectivity index (χ1) is 11.2. The molecule has 0 bridgehead atoms. The molecule has 0 saturated carbocycles. The quantitative estimate of drug-likeness (QED) is 0.414. The minimum atomic E-state index is -0.309. The zero-order valence-corrected chi connectivity index (χ0v) is 13.9. The van der Waals surface area contributed by atoms with Gasteiger partial charge in [0.25, 0.3) is 5.56 Å². The second kappa shape index (κ2) is 7.53. The molecular formula is C17H15ClN2O2S. The summed E-state index contributed by atoms with van der Waals surface area (Å²) in [6.07, 6.45) is 2.22. The lowest BCUT2D eigenvalue weighted by Crippen LogP contribution is -2.08. The first-order valence-corrected chi connectivity index (χ1v) is 8.58. The molecule has 0 unspecified atom stereocenters. The lowest BCUT2D eigenvalue weighted by Gasteiger charge is -2.07. The van der Waals surface area contributed by atoms with Gasteiger partial charge in [-0.05, 0) is 29.3 Å². The second-order valence-electron chi connectivity index (χ2n) is 4.92. The van der Waals surface area contributed by atoms with Crippen LogP contribution >= 0.6 is 23.4 Å². The van der Waals surface area contributed by atoms with Gasteiger partial charge < -0.3 is 9.72 Å². The van der Waals surface area contributed by atoms with Crippen molar-refractivity contribution in [1.29, 1.82) is 0 Å². The third kappa shape index (κ3) is 4.27. The van der Waals surface area contributed by atoms with Gasteiger partial charge in [0.1, 0.15) is 10.8 Å². The highest BCUT2D eigenvalue weighted by molar-refractivity contribution is 7.99. The average Bonchev–Trinajstić information content (AvgIpc) is 2.57. The molecule has 2 aromatic carbocycles. The van der Waals surface area contributed by atoms with Crippen molar-refractivity contribution in [3.8, 4) is 5.75 Å². The summed E-state index contributed by atoms with van der Waals surface area (Å²) in [7, 11) is 0. The monoisotopic (exact) mass is 346 g/mol. The van der Waals surface area contributed by atoms with Crippen LogP contribution in [-0.4, -0.2) is 22.3 Å². The van der Waals surface area contributed by atoms with Gasteiger partial charge >= 0.3 is 0 Å². The molecule has 6 heteroatoms. The summed E-state index contributed by atoms with van der Waals surface area (Å²) in [5.74, 6) is 1.67. The van der Waals surface area contributed by atoms with Crippen LogP contribution < -0.4 is 10.3 Å². The van der Waals surface area contributed by atoms with Crippen molar-refractivity contribution in [3.05, 3.63) is 64.0 Å². The maximum absolute atomic E-state index is 11.4. The zero-order valence-electron chi connectivity index (χ0n) is 12.3. The van der Waals surface area contributed by atoms with Gasteiger partial charge in [-0.1, -0.05) is 53.7 Å². The Kier molecular flexibility index (Phi) is 5.20. The first-order valence-electron chi connectivity index (χ1n) is 7.21. The van der Waals surface area contributed by atoms with E-state index in [0.717, 1.165) is 17.9 Å². The third-order valence-corrected chi connectivity index (χ3v) is 4.49. The first kappa shape index (κ1) is 15.9. The maximum Gasteiger partial charge on any atom is 0.270 e. The molecule has 0 aliphatic carbocycles. The predicted molar refractivity (Wildman–Crippen MR) is 94.7 cm³/mol. The van der Waals surface area contributed by atoms with E-state index in [4.69, 9.17) is 16.3 Å². The van der Waals surface area contributed by atoms with Gasteiger partial charge in [0.2, 0.25) is 0 Å². The van der Waals surface area contributed by atoms with Gasteiger partial charge in [0, 0.05) is 5.75 Å². The van der Waals surface area contributed by atoms with E-state index in [1.54, 1.807) is 0 Å². The fourth-order valence-electron chi connectivity index (χ4n) is 2.11. The minimum Gasteiger partial charge on any atom is -0.494 e. The Bertz CT molecular complexity index is 866. The van der Waals surface area contributed by atoms with Crippen LogP contribution in [0.1, 0.15) is 6.42 Å². The molecule has 1 heterocycles. The Morgan fingerprint density at radius 2 is 2.00 bits per heavy atom. The van der Waals surface area contributed by atoms with Crippen molar-refractivity contribution in [3.63, 3.8) is 0 Å². The Balaban J connectivity index is 1.47. The van der Waals surface area contributed by atoms with Crippen molar-refractivity contribution in [2.45, 2.75) is 11.6 Å². The van der Waals surface area contributed by atoms with Gasteiger partial charge in [-0.2, -0.15) is 0 Å². The number of ether oxygens (including phenoxy) is 1. The number of halogens is 1. The molecule has 0 radical (unpaired) electrons. The van der Waals surface area contributed by atoms with E-state index in [1.165, 1.54) is 28.7 Å². The number of hydrogen-bond donors (Lipinski definition) is 1. The van der Waals surface area contributed by atoms with Crippen molar-refractivity contribution in [2.24, 2.45) is 0 Å². The van der Waals surface area contributed by atoms with Crippen LogP contribution in [0.5, 0.6) is 5.75 Å². The van der Waals surface area contributed by atoms with E-state index in [9.17, 15) is 4.79 Å². The molecule has 23 heavy (non-hydrogen) atoms. The summed E-state index contributed by atoms with van der Waals surface area (Å²) < 4.78 is 5.77. The second-order valence-corrected chi connectivity index (χ2v) is 6.42. The number of nitrogens with one attached hydrogen (secondary N) is 1. The van der Waals surface area contributed by atoms with Crippen LogP contribution in [0.25, 0.3) is 10.8 Å². The molecular weight excluding hydrogens is 332 g/mol. The third-order valence-electron chi connectivity index (χ3n) is 3.25. The summed E-state index contributed by atoms with van der Waals surface area (Å²) in [4.78, 5) is 18.0. The van der Waals surface area contributed by atoms with E-state index in [2.05, 4.69) is 28.2 Å². The summed E-state index contributed by atoms with van der Waals surface area (Å²) in [5.41, 5.74) is -0.309. The Morgan fingerprint density at radius 3 is 2.83 bits per heavy atom. The fraction of sp³-hybridized carbons (Fsp3) is 0.176. The van der Waals surface area contributed by atoms with Crippen molar-refractivity contribution < 1.29 is 4.74 Å². The SMILES string of the molecule is O=c1[nH]c(SCCCOc2ccc3ccccc3c2)ncc1Cl. The average molecular weight is 347 g/mol. The van der Waals surface area contributed by atoms with E-state index in [1.807, 2.05) is 24.3 Å². The highest BCUT2D eigenvalue weighted by atomic mass is 35.5. The number of benzene rings is 2. The van der Waals surface area contributed by atoms with Gasteiger partial charge in [-0.3, -0.25) is 4.79 Å². The largest absolute Gasteiger partial charge is 0.494 e. The highest BCUT2D eigenvalue weighted by Gasteiger charge is 2.01. The summed E-state index contributed by atoms with van der Waals surface area (Å²) in [5, 5.41) is 3.05. The normalized spacial score (nSPS) is 10.8. The number of hydrogen-bond acceptors (Lipinski definition) is 4. The van der Waals surface area contributed by atoms with Gasteiger partial charge in [-0.25, -0.2) is 4.98 Å². The number of rotatable bonds is 6. The van der Waals surface area contributed by atoms with Crippen molar-refractivity contribution >= 4 is 34.1 Å². The summed E-state index contributed by atoms with van der Waals surface area (Å²) >= 11 is 7.11. The molecule has 0 spiro atoms. The number of fused-ring (bicyclic) bond motifs is 1. The summed E-state index contributed by atoms with van der Waals surface area (Å²) in [6.45, 7) is 0.614. The highest BCUT2D eigenvalue weighted by Crippen LogP contribution is 2.21. The summed E-state index contributed by atoms with van der Waals surface area (Å²) in [6, 6.07) is 14.3. The van der Waals surface area contributed by atoms with Crippen LogP contribution in [0.2, 0.25) is 5.02 Å². The van der Waals surface area contributed by atoms with E-state index < -0.39 is 0 Å². The molecule has 1 N–H and O–H groups in total. The Hall–Kier alpha value is -1.98. The molecule has 118 valence electrons. The molecule has 0 aliphatic heterocycles. The van der Waals surface area contributed by atoms with Crippen LogP contribution in [0.15, 0.2) is 58.6 Å². The molecule has 3 rings (SSSR count). The van der Waals surface area contributed by atoms with E-state index >= 15 is 0 Å². The number of thioether (sulfide) groups is 1. The number of aromatic amines is 1. The lowest BCUT2D eigenvalue weighted by atomic mass is 10.1. The number of H-pyrrole nitrogens is 1. The van der Waals surface area contributed by atoms with Crippen molar-refractivity contribution in [1.82, 2.24) is 9.97 Å². The topological polar surface area (TPSA) is 55.0 Å². The van der Waals surface area contributed by atoms with Crippen LogP contribution in [-0.2, 0) is 0 Å². The van der Waals surface area contributed by atoms with Crippen LogP contribution in [0, 0.1) is 0 Å². The molecule has 0 saturated heterocycles. The Morgan fingerprint density at radius 1 is 1.17 bits per heavy atom. The lowest BCUT2D eigenvalue weighted by molar-refractivity contribution is 0.319. The smallest absolute Gasteiger partial charge is 0.270 e. The number of aromatic nitrogens is 2. The van der Waals surface area contributed by atoms with E-state index in [0.29, 0.717) is 11.8 Å². The molecule has 4 nitrogen and oxygen atoms in total.